The lowest BCUT2D eigenvalue weighted by Crippen LogP contribution is -2.38. The molecule has 7 aromatic rings. The van der Waals surface area contributed by atoms with Gasteiger partial charge in [0.15, 0.2) is 52.3 Å². The van der Waals surface area contributed by atoms with Gasteiger partial charge in [0.05, 0.1) is 10.8 Å². The second-order valence-electron chi connectivity index (χ2n) is 11.4. The number of hydrogen-bond donors (Lipinski definition) is 0. The summed E-state index contributed by atoms with van der Waals surface area (Å²) in [7, 11) is -2.89. The maximum Gasteiger partial charge on any atom is 0.864 e. The molecule has 51 heavy (non-hydrogen) atoms. The first kappa shape index (κ1) is 32.4. The van der Waals surface area contributed by atoms with Gasteiger partial charge in [-0.3, -0.25) is 0 Å². The van der Waals surface area contributed by atoms with Gasteiger partial charge in [-0.15, -0.1) is 0 Å². The van der Waals surface area contributed by atoms with Gasteiger partial charge in [0, 0.05) is 51.4 Å². The smallest absolute Gasteiger partial charge is 0.487 e. The zero-order valence-corrected chi connectivity index (χ0v) is 24.7. The van der Waals surface area contributed by atoms with E-state index in [1.165, 1.54) is 12.1 Å². The number of hydrogen-bond acceptors (Lipinski definition) is 3. The normalized spacial score (nSPS) is 12.2. The molecule has 16 heteroatoms. The van der Waals surface area contributed by atoms with Gasteiger partial charge in [0.2, 0.25) is 5.82 Å². The summed E-state index contributed by atoms with van der Waals surface area (Å²) < 4.78 is 196. The van der Waals surface area contributed by atoms with Gasteiger partial charge in [0.25, 0.3) is 0 Å². The fourth-order valence-corrected chi connectivity index (χ4v) is 6.44. The summed E-state index contributed by atoms with van der Waals surface area (Å²) in [6.45, 7) is 0. The molecule has 3 nitrogen and oxygen atoms in total. The first-order valence-electron chi connectivity index (χ1n) is 14.5. The fourth-order valence-electron chi connectivity index (χ4n) is 6.44. The minimum Gasteiger partial charge on any atom is -0.487 e. The van der Waals surface area contributed by atoms with E-state index in [2.05, 4.69) is 0 Å². The molecule has 0 aliphatic heterocycles. The van der Waals surface area contributed by atoms with Crippen LogP contribution >= 0.6 is 0 Å². The van der Waals surface area contributed by atoms with E-state index < -0.39 is 144 Å². The Balaban J connectivity index is 1.35. The quantitative estimate of drug-likeness (QED) is 0.0564. The lowest BCUT2D eigenvalue weighted by atomic mass is 9.92. The molecule has 0 spiro atoms. The summed E-state index contributed by atoms with van der Waals surface area (Å²) in [5, 5.41) is -3.91. The van der Waals surface area contributed by atoms with Crippen LogP contribution in [0.4, 0.5) is 52.7 Å². The number of benzene rings is 7. The van der Waals surface area contributed by atoms with Crippen molar-refractivity contribution in [2.75, 3.05) is 0 Å². The van der Waals surface area contributed by atoms with Crippen molar-refractivity contribution in [3.8, 4) is 28.4 Å². The maximum atomic E-state index is 15.8. The molecule has 8 rings (SSSR count). The van der Waals surface area contributed by atoms with Gasteiger partial charge in [-0.05, 0) is 29.1 Å². The highest BCUT2D eigenvalue weighted by Crippen LogP contribution is 2.48. The van der Waals surface area contributed by atoms with Crippen molar-refractivity contribution in [1.29, 1.82) is 0 Å². The Morgan fingerprint density at radius 2 is 1.14 bits per heavy atom. The monoisotopic (exact) mass is 718 g/mol. The summed E-state index contributed by atoms with van der Waals surface area (Å²) in [6.07, 6.45) is -0.514. The SMILES string of the molecule is Fc1cc(F)c(F)c(OB(Oc2c(F)c(F)c(F)c3c2Cc2cccc(F)c2-3)Oc2c(F)c(F)c3c(F)c(F)c4c(F)ccc5ccc2c3c54)c1. The van der Waals surface area contributed by atoms with Crippen LogP contribution in [0.15, 0.2) is 54.6 Å². The predicted molar refractivity (Wildman–Crippen MR) is 158 cm³/mol. The highest BCUT2D eigenvalue weighted by Gasteiger charge is 2.41. The lowest BCUT2D eigenvalue weighted by molar-refractivity contribution is 0.280. The molecule has 0 saturated carbocycles. The van der Waals surface area contributed by atoms with E-state index in [0.29, 0.717) is 0 Å². The molecule has 0 heterocycles. The third-order valence-electron chi connectivity index (χ3n) is 8.58. The van der Waals surface area contributed by atoms with Gasteiger partial charge < -0.3 is 14.0 Å². The predicted octanol–water partition coefficient (Wildman–Crippen LogP) is 10.3. The van der Waals surface area contributed by atoms with E-state index in [-0.39, 0.29) is 23.1 Å². The van der Waals surface area contributed by atoms with Crippen LogP contribution in [0.25, 0.3) is 43.4 Å². The van der Waals surface area contributed by atoms with Gasteiger partial charge in [-0.2, -0.15) is 13.2 Å². The first-order valence-corrected chi connectivity index (χ1v) is 14.5. The average molecular weight is 718 g/mol. The van der Waals surface area contributed by atoms with Crippen LogP contribution < -0.4 is 14.0 Å². The lowest BCUT2D eigenvalue weighted by Gasteiger charge is -2.22. The van der Waals surface area contributed by atoms with E-state index in [4.69, 9.17) is 14.0 Å². The van der Waals surface area contributed by atoms with Crippen LogP contribution in [0, 0.1) is 69.8 Å². The molecule has 0 atom stereocenters. The van der Waals surface area contributed by atoms with Crippen LogP contribution in [0.5, 0.6) is 17.2 Å². The van der Waals surface area contributed by atoms with Crippen LogP contribution in [0.1, 0.15) is 11.1 Å². The largest absolute Gasteiger partial charge is 0.864 e. The number of rotatable bonds is 6. The van der Waals surface area contributed by atoms with Crippen molar-refractivity contribution < 1.29 is 66.6 Å². The highest BCUT2D eigenvalue weighted by molar-refractivity contribution is 6.40. The Morgan fingerprint density at radius 1 is 0.471 bits per heavy atom. The summed E-state index contributed by atoms with van der Waals surface area (Å²) in [4.78, 5) is 0. The molecule has 0 bridgehead atoms. The third-order valence-corrected chi connectivity index (χ3v) is 8.58. The third kappa shape index (κ3) is 4.64. The van der Waals surface area contributed by atoms with Crippen LogP contribution in [-0.2, 0) is 6.42 Å². The Morgan fingerprint density at radius 3 is 1.90 bits per heavy atom. The molecule has 0 amide bonds. The van der Waals surface area contributed by atoms with Crippen molar-refractivity contribution in [1.82, 2.24) is 0 Å². The average Bonchev–Trinajstić information content (AvgIpc) is 3.49. The van der Waals surface area contributed by atoms with Crippen molar-refractivity contribution >= 4 is 39.6 Å². The van der Waals surface area contributed by atoms with Gasteiger partial charge >= 0.3 is 7.32 Å². The topological polar surface area (TPSA) is 27.7 Å². The fraction of sp³-hybridized carbons (Fsp3) is 0.0286. The van der Waals surface area contributed by atoms with E-state index >= 15 is 30.7 Å². The Kier molecular flexibility index (Phi) is 7.22. The molecule has 0 fully saturated rings. The zero-order chi connectivity index (χ0) is 36.2. The molecule has 1 aliphatic carbocycles. The van der Waals surface area contributed by atoms with E-state index in [1.807, 2.05) is 0 Å². The summed E-state index contributed by atoms with van der Waals surface area (Å²) in [5.41, 5.74) is -1.83. The molecule has 0 unspecified atom stereocenters. The zero-order valence-electron chi connectivity index (χ0n) is 24.7. The van der Waals surface area contributed by atoms with E-state index in [1.54, 1.807) is 0 Å². The number of fused-ring (bicyclic) bond motifs is 3. The molecular weight excluding hydrogens is 707 g/mol. The van der Waals surface area contributed by atoms with Gasteiger partial charge in [-0.1, -0.05) is 24.3 Å². The van der Waals surface area contributed by atoms with E-state index in [0.717, 1.165) is 30.3 Å². The summed E-state index contributed by atoms with van der Waals surface area (Å²) in [5.74, 6) is -25.6. The van der Waals surface area contributed by atoms with Crippen molar-refractivity contribution in [3.63, 3.8) is 0 Å². The molecule has 1 aliphatic rings. The van der Waals surface area contributed by atoms with Crippen LogP contribution in [-0.4, -0.2) is 7.32 Å². The van der Waals surface area contributed by atoms with Gasteiger partial charge in [-0.25, -0.2) is 39.5 Å². The summed E-state index contributed by atoms with van der Waals surface area (Å²) in [6, 6.07) is 7.79. The first-order chi connectivity index (χ1) is 24.3. The molecule has 0 saturated heterocycles. The minimum absolute atomic E-state index is 0.0207. The van der Waals surface area contributed by atoms with Crippen molar-refractivity contribution in [3.05, 3.63) is 136 Å². The Labute approximate surface area is 276 Å². The minimum atomic E-state index is -2.89. The molecule has 0 N–H and O–H groups in total. The molecule has 256 valence electrons. The van der Waals surface area contributed by atoms with Crippen LogP contribution in [0.3, 0.4) is 0 Å². The summed E-state index contributed by atoms with van der Waals surface area (Å²) >= 11 is 0. The number of halogens is 12. The maximum absolute atomic E-state index is 15.8. The molecular formula is C35H11BF12O3. The van der Waals surface area contributed by atoms with E-state index in [9.17, 15) is 22.0 Å². The van der Waals surface area contributed by atoms with Crippen molar-refractivity contribution in [2.45, 2.75) is 6.42 Å². The Hall–Kier alpha value is -5.80. The molecule has 7 aromatic carbocycles. The second kappa shape index (κ2) is 11.4. The molecule has 0 aromatic heterocycles. The second-order valence-corrected chi connectivity index (χ2v) is 11.4. The molecule has 0 radical (unpaired) electrons. The van der Waals surface area contributed by atoms with Gasteiger partial charge in [0.1, 0.15) is 29.0 Å². The highest BCUT2D eigenvalue weighted by atomic mass is 19.2. The van der Waals surface area contributed by atoms with Crippen molar-refractivity contribution in [2.24, 2.45) is 0 Å². The standard InChI is InChI=1S/C35H11BF12O3/c37-13-9-18(40)26(41)19(10-13)49-36(51-35-15-8-12-2-1-3-16(38)20(12)23(15)27(42)31(46)33(35)48)50-34-14-6-4-11-5-7-17(39)24-21(11)22(14)25(29(44)28(24)43)30(45)32(34)47/h1-7,9-10H,8H2. The Bertz CT molecular complexity index is 2650. The van der Waals surface area contributed by atoms with Crippen LogP contribution in [0.2, 0.25) is 0 Å².